The van der Waals surface area contributed by atoms with E-state index in [2.05, 4.69) is 6.58 Å². The molecule has 0 amide bonds. The Balaban J connectivity index is 3.58. The number of carbonyl (C=O) groups is 1. The van der Waals surface area contributed by atoms with E-state index >= 15 is 0 Å². The first-order valence-electron chi connectivity index (χ1n) is 3.53. The molecule has 0 rings (SSSR count). The monoisotopic (exact) mass is 226 g/mol. The van der Waals surface area contributed by atoms with Crippen molar-refractivity contribution < 1.29 is 9.53 Å². The molecule has 0 aliphatic carbocycles. The molecule has 0 aromatic carbocycles. The van der Waals surface area contributed by atoms with Crippen molar-refractivity contribution in [1.82, 2.24) is 0 Å². The van der Waals surface area contributed by atoms with E-state index in [1.54, 1.807) is 13.5 Å². The molecule has 0 atom stereocenters. The highest BCUT2D eigenvalue weighted by Gasteiger charge is 2.21. The van der Waals surface area contributed by atoms with Crippen molar-refractivity contribution in [2.75, 3.05) is 6.61 Å². The van der Waals surface area contributed by atoms with Gasteiger partial charge in [-0.1, -0.05) is 6.58 Å². The Hall–Kier alpha value is 0.00688. The van der Waals surface area contributed by atoms with Crippen molar-refractivity contribution in [2.45, 2.75) is 19.5 Å². The Bertz CT molecular complexity index is 186. The van der Waals surface area contributed by atoms with Crippen LogP contribution in [0.3, 0.4) is 0 Å². The zero-order valence-electron chi connectivity index (χ0n) is 7.19. The number of halogens is 2. The van der Waals surface area contributed by atoms with Crippen LogP contribution in [0, 0.1) is 0 Å². The number of rotatable bonds is 4. The van der Waals surface area contributed by atoms with E-state index in [1.807, 2.05) is 0 Å². The van der Waals surface area contributed by atoms with Gasteiger partial charge in [-0.3, -0.25) is 0 Å². The molecule has 0 N–H and O–H groups in total. The SMILES string of the molecule is C=C(C)C(=O)OCC[Si](C)(Cl)Cl. The Morgan fingerprint density at radius 1 is 1.58 bits per heavy atom. The molecule has 70 valence electrons. The summed E-state index contributed by atoms with van der Waals surface area (Å²) in [4.78, 5) is 10.8. The molecule has 0 saturated heterocycles. The van der Waals surface area contributed by atoms with Crippen molar-refractivity contribution in [2.24, 2.45) is 0 Å². The fourth-order valence-electron chi connectivity index (χ4n) is 0.446. The van der Waals surface area contributed by atoms with Crippen LogP contribution in [0.1, 0.15) is 6.92 Å². The first kappa shape index (κ1) is 12.0. The Labute approximate surface area is 82.9 Å². The predicted molar refractivity (Wildman–Crippen MR) is 53.9 cm³/mol. The van der Waals surface area contributed by atoms with E-state index in [4.69, 9.17) is 26.9 Å². The first-order chi connectivity index (χ1) is 5.33. The van der Waals surface area contributed by atoms with Crippen LogP contribution in [0.4, 0.5) is 0 Å². The van der Waals surface area contributed by atoms with Gasteiger partial charge in [0.05, 0.1) is 6.61 Å². The quantitative estimate of drug-likeness (QED) is 0.319. The summed E-state index contributed by atoms with van der Waals surface area (Å²) in [6.07, 6.45) is 0. The van der Waals surface area contributed by atoms with Crippen molar-refractivity contribution in [3.8, 4) is 0 Å². The van der Waals surface area contributed by atoms with Gasteiger partial charge in [0.25, 0.3) is 6.69 Å². The molecule has 12 heavy (non-hydrogen) atoms. The topological polar surface area (TPSA) is 26.3 Å². The minimum atomic E-state index is -2.12. The molecule has 0 saturated carbocycles. The van der Waals surface area contributed by atoms with Gasteiger partial charge in [0, 0.05) is 11.6 Å². The van der Waals surface area contributed by atoms with Gasteiger partial charge in [0.15, 0.2) is 0 Å². The van der Waals surface area contributed by atoms with Gasteiger partial charge in [0.1, 0.15) is 0 Å². The predicted octanol–water partition coefficient (Wildman–Crippen LogP) is 2.66. The number of esters is 1. The molecular formula is C7H12Cl2O2Si. The largest absolute Gasteiger partial charge is 0.463 e. The second kappa shape index (κ2) is 4.89. The van der Waals surface area contributed by atoms with Gasteiger partial charge in [-0.2, -0.15) is 0 Å². The van der Waals surface area contributed by atoms with Crippen molar-refractivity contribution >= 4 is 34.8 Å². The third-order valence-electron chi connectivity index (χ3n) is 1.12. The van der Waals surface area contributed by atoms with E-state index < -0.39 is 6.69 Å². The smallest absolute Gasteiger partial charge is 0.333 e. The molecule has 0 fully saturated rings. The van der Waals surface area contributed by atoms with Crippen molar-refractivity contribution in [3.05, 3.63) is 12.2 Å². The molecule has 0 spiro atoms. The van der Waals surface area contributed by atoms with Crippen LogP contribution in [-0.4, -0.2) is 19.3 Å². The minimum absolute atomic E-state index is 0.279. The number of hydrogen-bond acceptors (Lipinski definition) is 2. The lowest BCUT2D eigenvalue weighted by Gasteiger charge is -2.09. The highest BCUT2D eigenvalue weighted by molar-refractivity contribution is 7.44. The van der Waals surface area contributed by atoms with Gasteiger partial charge in [0.2, 0.25) is 0 Å². The van der Waals surface area contributed by atoms with Crippen LogP contribution >= 0.6 is 22.2 Å². The molecule has 0 aromatic rings. The van der Waals surface area contributed by atoms with Crippen LogP contribution < -0.4 is 0 Å². The zero-order valence-corrected chi connectivity index (χ0v) is 9.71. The molecule has 0 radical (unpaired) electrons. The summed E-state index contributed by atoms with van der Waals surface area (Å²) in [5.74, 6) is -0.387. The van der Waals surface area contributed by atoms with Crippen molar-refractivity contribution in [3.63, 3.8) is 0 Å². The fraction of sp³-hybridized carbons (Fsp3) is 0.571. The van der Waals surface area contributed by atoms with Gasteiger partial charge >= 0.3 is 5.97 Å². The average molecular weight is 227 g/mol. The van der Waals surface area contributed by atoms with Gasteiger partial charge < -0.3 is 4.74 Å². The van der Waals surface area contributed by atoms with Crippen molar-refractivity contribution in [1.29, 1.82) is 0 Å². The summed E-state index contributed by atoms with van der Waals surface area (Å²) in [6, 6.07) is 0.551. The van der Waals surface area contributed by atoms with E-state index in [0.717, 1.165) is 0 Å². The van der Waals surface area contributed by atoms with Crippen LogP contribution in [0.25, 0.3) is 0 Å². The molecule has 5 heteroatoms. The number of hydrogen-bond donors (Lipinski definition) is 0. The molecule has 0 aromatic heterocycles. The fourth-order valence-corrected chi connectivity index (χ4v) is 1.37. The lowest BCUT2D eigenvalue weighted by molar-refractivity contribution is -0.138. The molecule has 0 unspecified atom stereocenters. The summed E-state index contributed by atoms with van der Waals surface area (Å²) in [5.41, 5.74) is 0.391. The van der Waals surface area contributed by atoms with Crippen LogP contribution in [0.2, 0.25) is 12.6 Å². The third-order valence-corrected chi connectivity index (χ3v) is 3.34. The molecular weight excluding hydrogens is 215 g/mol. The van der Waals surface area contributed by atoms with Gasteiger partial charge in [-0.25, -0.2) is 4.79 Å². The Morgan fingerprint density at radius 3 is 2.42 bits per heavy atom. The maximum atomic E-state index is 10.8. The van der Waals surface area contributed by atoms with E-state index in [1.165, 1.54) is 0 Å². The normalized spacial score (nSPS) is 11.0. The Kier molecular flexibility index (Phi) is 4.90. The molecule has 0 aliphatic heterocycles. The molecule has 0 aliphatic rings. The first-order valence-corrected chi connectivity index (χ1v) is 8.26. The van der Waals surface area contributed by atoms with Gasteiger partial charge in [-0.05, 0) is 13.5 Å². The lowest BCUT2D eigenvalue weighted by Crippen LogP contribution is -2.17. The van der Waals surface area contributed by atoms with Crippen LogP contribution in [0.15, 0.2) is 12.2 Å². The minimum Gasteiger partial charge on any atom is -0.463 e. The maximum Gasteiger partial charge on any atom is 0.333 e. The van der Waals surface area contributed by atoms with Crippen LogP contribution in [0.5, 0.6) is 0 Å². The second-order valence-electron chi connectivity index (χ2n) is 2.74. The third kappa shape index (κ3) is 6.70. The van der Waals surface area contributed by atoms with E-state index in [0.29, 0.717) is 11.6 Å². The number of carbonyl (C=O) groups excluding carboxylic acids is 1. The summed E-state index contributed by atoms with van der Waals surface area (Å²) in [7, 11) is 0. The average Bonchev–Trinajstić information content (AvgIpc) is 1.84. The summed E-state index contributed by atoms with van der Waals surface area (Å²) in [5, 5.41) is 0. The van der Waals surface area contributed by atoms with E-state index in [-0.39, 0.29) is 12.6 Å². The molecule has 2 nitrogen and oxygen atoms in total. The number of ether oxygens (including phenoxy) is 1. The highest BCUT2D eigenvalue weighted by atomic mass is 35.7. The summed E-state index contributed by atoms with van der Waals surface area (Å²) in [6.45, 7) is 4.98. The van der Waals surface area contributed by atoms with Gasteiger partial charge in [-0.15, -0.1) is 22.2 Å². The Morgan fingerprint density at radius 2 is 2.08 bits per heavy atom. The summed E-state index contributed by atoms with van der Waals surface area (Å²) >= 11 is 11.6. The standard InChI is InChI=1S/C7H12Cl2O2Si/c1-6(2)7(10)11-4-5-12(3,8)9/h1,4-5H2,2-3H3. The van der Waals surface area contributed by atoms with Crippen LogP contribution in [-0.2, 0) is 9.53 Å². The summed E-state index contributed by atoms with van der Waals surface area (Å²) < 4.78 is 4.81. The highest BCUT2D eigenvalue weighted by Crippen LogP contribution is 2.19. The zero-order chi connectivity index (χ0) is 9.78. The molecule has 0 heterocycles. The molecule has 0 bridgehead atoms. The lowest BCUT2D eigenvalue weighted by atomic mass is 10.4. The maximum absolute atomic E-state index is 10.8. The second-order valence-corrected chi connectivity index (χ2v) is 11.0. The van der Waals surface area contributed by atoms with E-state index in [9.17, 15) is 4.79 Å².